The van der Waals surface area contributed by atoms with Crippen LogP contribution in [0.15, 0.2) is 29.2 Å². The molecule has 2 rings (SSSR count). The third-order valence-electron chi connectivity index (χ3n) is 3.63. The summed E-state index contributed by atoms with van der Waals surface area (Å²) in [6.07, 6.45) is 2.84. The van der Waals surface area contributed by atoms with Crippen LogP contribution in [0, 0.1) is 5.92 Å². The van der Waals surface area contributed by atoms with Crippen molar-refractivity contribution < 1.29 is 13.2 Å². The Hall–Kier alpha value is -1.11. The molecule has 0 bridgehead atoms. The van der Waals surface area contributed by atoms with Gasteiger partial charge < -0.3 is 10.5 Å². The average Bonchev–Trinajstić information content (AvgIpc) is 2.85. The first kappa shape index (κ1) is 14.3. The number of methoxy groups -OCH3 is 1. The van der Waals surface area contributed by atoms with Crippen molar-refractivity contribution in [2.24, 2.45) is 11.7 Å². The number of hydrogen-bond donors (Lipinski definition) is 2. The summed E-state index contributed by atoms with van der Waals surface area (Å²) >= 11 is 0. The maximum atomic E-state index is 12.4. The van der Waals surface area contributed by atoms with E-state index in [9.17, 15) is 8.42 Å². The van der Waals surface area contributed by atoms with Crippen LogP contribution < -0.4 is 15.2 Å². The second-order valence-electron chi connectivity index (χ2n) is 4.81. The van der Waals surface area contributed by atoms with Crippen LogP contribution in [0.2, 0.25) is 0 Å². The first-order valence-electron chi connectivity index (χ1n) is 6.44. The van der Waals surface area contributed by atoms with Gasteiger partial charge in [0.2, 0.25) is 10.0 Å². The summed E-state index contributed by atoms with van der Waals surface area (Å²) in [5, 5.41) is 0. The Balaban J connectivity index is 2.23. The molecule has 1 aliphatic carbocycles. The van der Waals surface area contributed by atoms with Gasteiger partial charge in [-0.25, -0.2) is 13.1 Å². The maximum Gasteiger partial charge on any atom is 0.244 e. The van der Waals surface area contributed by atoms with E-state index in [2.05, 4.69) is 4.72 Å². The van der Waals surface area contributed by atoms with Gasteiger partial charge in [-0.05, 0) is 37.4 Å². The molecule has 0 spiro atoms. The van der Waals surface area contributed by atoms with E-state index in [4.69, 9.17) is 10.5 Å². The highest BCUT2D eigenvalue weighted by Gasteiger charge is 2.31. The lowest BCUT2D eigenvalue weighted by Crippen LogP contribution is -2.39. The second-order valence-corrected chi connectivity index (χ2v) is 6.49. The van der Waals surface area contributed by atoms with Crippen LogP contribution in [0.1, 0.15) is 19.3 Å². The number of sulfonamides is 1. The summed E-state index contributed by atoms with van der Waals surface area (Å²) in [6, 6.07) is 6.55. The largest absolute Gasteiger partial charge is 0.495 e. The van der Waals surface area contributed by atoms with Crippen LogP contribution in [-0.4, -0.2) is 28.1 Å². The van der Waals surface area contributed by atoms with Crippen molar-refractivity contribution in [1.82, 2.24) is 4.72 Å². The van der Waals surface area contributed by atoms with Crippen molar-refractivity contribution in [3.63, 3.8) is 0 Å². The minimum absolute atomic E-state index is 0.0695. The van der Waals surface area contributed by atoms with E-state index < -0.39 is 10.0 Å². The molecule has 1 aromatic carbocycles. The number of rotatable bonds is 5. The third-order valence-corrected chi connectivity index (χ3v) is 5.16. The fourth-order valence-electron chi connectivity index (χ4n) is 2.58. The topological polar surface area (TPSA) is 81.4 Å². The van der Waals surface area contributed by atoms with Crippen LogP contribution >= 0.6 is 0 Å². The monoisotopic (exact) mass is 284 g/mol. The molecule has 0 amide bonds. The fourth-order valence-corrected chi connectivity index (χ4v) is 4.09. The molecule has 1 fully saturated rings. The molecule has 6 heteroatoms. The molecular weight excluding hydrogens is 264 g/mol. The highest BCUT2D eigenvalue weighted by atomic mass is 32.2. The predicted octanol–water partition coefficient (Wildman–Crippen LogP) is 1.10. The lowest BCUT2D eigenvalue weighted by Gasteiger charge is -2.20. The van der Waals surface area contributed by atoms with Gasteiger partial charge in [0.1, 0.15) is 10.6 Å². The molecule has 0 heterocycles. The summed E-state index contributed by atoms with van der Waals surface area (Å²) in [7, 11) is -2.10. The van der Waals surface area contributed by atoms with Gasteiger partial charge in [0.15, 0.2) is 0 Å². The van der Waals surface area contributed by atoms with Crippen LogP contribution in [0.5, 0.6) is 5.75 Å². The van der Waals surface area contributed by atoms with Crippen LogP contribution in [0.25, 0.3) is 0 Å². The molecule has 0 radical (unpaired) electrons. The van der Waals surface area contributed by atoms with Crippen molar-refractivity contribution in [1.29, 1.82) is 0 Å². The molecule has 0 saturated heterocycles. The molecule has 106 valence electrons. The number of para-hydroxylation sites is 1. The molecule has 0 aromatic heterocycles. The standard InChI is InChI=1S/C13H20N2O3S/c1-18-12-7-2-3-8-13(12)19(16,17)15-11-6-4-5-10(11)9-14/h2-3,7-8,10-11,15H,4-6,9,14H2,1H3. The maximum absolute atomic E-state index is 12.4. The normalized spacial score (nSPS) is 23.5. The Morgan fingerprint density at radius 1 is 1.37 bits per heavy atom. The molecule has 0 aliphatic heterocycles. The molecule has 1 saturated carbocycles. The minimum Gasteiger partial charge on any atom is -0.495 e. The molecule has 3 N–H and O–H groups in total. The highest BCUT2D eigenvalue weighted by molar-refractivity contribution is 7.89. The van der Waals surface area contributed by atoms with Crippen LogP contribution in [0.3, 0.4) is 0 Å². The van der Waals surface area contributed by atoms with Gasteiger partial charge in [0.05, 0.1) is 7.11 Å². The number of ether oxygens (including phenoxy) is 1. The van der Waals surface area contributed by atoms with E-state index in [1.54, 1.807) is 24.3 Å². The van der Waals surface area contributed by atoms with Gasteiger partial charge in [-0.2, -0.15) is 0 Å². The van der Waals surface area contributed by atoms with Crippen LogP contribution in [0.4, 0.5) is 0 Å². The molecule has 2 unspecified atom stereocenters. The Morgan fingerprint density at radius 2 is 2.11 bits per heavy atom. The molecule has 5 nitrogen and oxygen atoms in total. The second kappa shape index (κ2) is 5.90. The van der Waals surface area contributed by atoms with Crippen molar-refractivity contribution in [3.8, 4) is 5.75 Å². The Labute approximate surface area is 114 Å². The summed E-state index contributed by atoms with van der Waals surface area (Å²) in [5.74, 6) is 0.585. The smallest absolute Gasteiger partial charge is 0.244 e. The number of nitrogens with one attached hydrogen (secondary N) is 1. The molecule has 1 aliphatic rings. The first-order chi connectivity index (χ1) is 9.08. The SMILES string of the molecule is COc1ccccc1S(=O)(=O)NC1CCCC1CN. The Kier molecular flexibility index (Phi) is 4.44. The van der Waals surface area contributed by atoms with Gasteiger partial charge >= 0.3 is 0 Å². The fraction of sp³-hybridized carbons (Fsp3) is 0.538. The van der Waals surface area contributed by atoms with Gasteiger partial charge in [-0.3, -0.25) is 0 Å². The molecule has 19 heavy (non-hydrogen) atoms. The van der Waals surface area contributed by atoms with Crippen LogP contribution in [-0.2, 0) is 10.0 Å². The molecule has 1 aromatic rings. The molecule has 2 atom stereocenters. The lowest BCUT2D eigenvalue weighted by atomic mass is 10.1. The quantitative estimate of drug-likeness (QED) is 0.848. The van der Waals surface area contributed by atoms with Gasteiger partial charge in [0.25, 0.3) is 0 Å². The van der Waals surface area contributed by atoms with Crippen molar-refractivity contribution in [2.75, 3.05) is 13.7 Å². The number of benzene rings is 1. The van der Waals surface area contributed by atoms with E-state index in [1.165, 1.54) is 7.11 Å². The molecular formula is C13H20N2O3S. The van der Waals surface area contributed by atoms with Gasteiger partial charge in [-0.1, -0.05) is 18.6 Å². The predicted molar refractivity (Wildman–Crippen MR) is 73.5 cm³/mol. The zero-order chi connectivity index (χ0) is 13.9. The zero-order valence-electron chi connectivity index (χ0n) is 11.0. The van der Waals surface area contributed by atoms with Crippen molar-refractivity contribution >= 4 is 10.0 Å². The van der Waals surface area contributed by atoms with Crippen molar-refractivity contribution in [3.05, 3.63) is 24.3 Å². The lowest BCUT2D eigenvalue weighted by molar-refractivity contribution is 0.400. The Bertz CT molecular complexity index is 530. The van der Waals surface area contributed by atoms with E-state index in [1.807, 2.05) is 0 Å². The first-order valence-corrected chi connectivity index (χ1v) is 7.92. The summed E-state index contributed by atoms with van der Waals surface area (Å²) in [5.41, 5.74) is 5.68. The summed E-state index contributed by atoms with van der Waals surface area (Å²) in [6.45, 7) is 0.513. The summed E-state index contributed by atoms with van der Waals surface area (Å²) < 4.78 is 32.7. The van der Waals surface area contributed by atoms with E-state index >= 15 is 0 Å². The average molecular weight is 284 g/mol. The number of hydrogen-bond acceptors (Lipinski definition) is 4. The summed E-state index contributed by atoms with van der Waals surface area (Å²) in [4.78, 5) is 0.181. The minimum atomic E-state index is -3.56. The highest BCUT2D eigenvalue weighted by Crippen LogP contribution is 2.28. The number of nitrogens with two attached hydrogens (primary N) is 1. The van der Waals surface area contributed by atoms with Crippen molar-refractivity contribution in [2.45, 2.75) is 30.2 Å². The third kappa shape index (κ3) is 3.08. The van der Waals surface area contributed by atoms with Gasteiger partial charge in [0, 0.05) is 6.04 Å². The van der Waals surface area contributed by atoms with E-state index in [0.29, 0.717) is 12.3 Å². The van der Waals surface area contributed by atoms with E-state index in [-0.39, 0.29) is 16.9 Å². The zero-order valence-corrected chi connectivity index (χ0v) is 11.8. The Morgan fingerprint density at radius 3 is 2.79 bits per heavy atom. The van der Waals surface area contributed by atoms with E-state index in [0.717, 1.165) is 19.3 Å². The van der Waals surface area contributed by atoms with Gasteiger partial charge in [-0.15, -0.1) is 0 Å².